The van der Waals surface area contributed by atoms with Crippen LogP contribution >= 0.6 is 34.6 Å². The van der Waals surface area contributed by atoms with Gasteiger partial charge in [-0.15, -0.1) is 15.3 Å². The highest BCUT2D eigenvalue weighted by Crippen LogP contribution is 2.26. The molecule has 3 rings (SSSR count). The number of aryl methyl sites for hydroxylation is 1. The first-order valence-electron chi connectivity index (χ1n) is 7.90. The minimum absolute atomic E-state index is 0.0330. The second kappa shape index (κ2) is 8.99. The molecule has 2 aromatic heterocycles. The number of anilines is 2. The molecule has 0 unspecified atom stereocenters. The van der Waals surface area contributed by atoms with Crippen molar-refractivity contribution in [2.45, 2.75) is 18.2 Å². The molecule has 2 heterocycles. The van der Waals surface area contributed by atoms with Crippen molar-refractivity contribution < 1.29 is 14.4 Å². The largest absolute Gasteiger partial charge is 0.325 e. The molecular formula is C16H14N6O3S3. The van der Waals surface area contributed by atoms with Crippen molar-refractivity contribution in [3.05, 3.63) is 40.4 Å². The molecule has 28 heavy (non-hydrogen) atoms. The van der Waals surface area contributed by atoms with Gasteiger partial charge in [0.2, 0.25) is 11.0 Å². The van der Waals surface area contributed by atoms with E-state index in [-0.39, 0.29) is 23.4 Å². The number of benzene rings is 1. The first kappa shape index (κ1) is 20.0. The summed E-state index contributed by atoms with van der Waals surface area (Å²) in [5.74, 6) is -0.455. The van der Waals surface area contributed by atoms with Crippen LogP contribution in [0.5, 0.6) is 0 Å². The third kappa shape index (κ3) is 5.18. The Balaban J connectivity index is 1.49. The van der Waals surface area contributed by atoms with Crippen molar-refractivity contribution in [2.24, 2.45) is 0 Å². The lowest BCUT2D eigenvalue weighted by Gasteiger charge is -2.04. The lowest BCUT2D eigenvalue weighted by Crippen LogP contribution is -2.14. The molecule has 144 valence electrons. The Kier molecular flexibility index (Phi) is 6.44. The smallest absolute Gasteiger partial charge is 0.271 e. The van der Waals surface area contributed by atoms with E-state index in [9.17, 15) is 14.4 Å². The van der Waals surface area contributed by atoms with Crippen LogP contribution in [0.25, 0.3) is 0 Å². The molecule has 2 N–H and O–H groups in total. The highest BCUT2D eigenvalue weighted by atomic mass is 32.2. The Labute approximate surface area is 172 Å². The highest BCUT2D eigenvalue weighted by Gasteiger charge is 2.16. The second-order valence-electron chi connectivity index (χ2n) is 5.49. The molecule has 0 bridgehead atoms. The van der Waals surface area contributed by atoms with Crippen molar-refractivity contribution >= 4 is 63.0 Å². The molecule has 9 nitrogen and oxygen atoms in total. The number of aromatic nitrogens is 4. The molecule has 0 saturated heterocycles. The summed E-state index contributed by atoms with van der Waals surface area (Å²) in [6.45, 7) is 3.18. The number of nitrogens with one attached hydrogen (secondary N) is 2. The Morgan fingerprint density at radius 1 is 1.07 bits per heavy atom. The lowest BCUT2D eigenvalue weighted by molar-refractivity contribution is -0.113. The van der Waals surface area contributed by atoms with E-state index in [1.807, 2.05) is 0 Å². The number of hydrogen-bond acceptors (Lipinski definition) is 10. The van der Waals surface area contributed by atoms with Crippen LogP contribution in [0, 0.1) is 6.92 Å². The number of carbonyl (C=O) groups excluding carboxylic acids is 3. The standard InChI is InChI=1S/C16H14N6O3S3/c1-8-13(28-22-19-8)14(25)18-15-20-21-16(27-15)26-7-12(24)17-11-5-3-10(4-6-11)9(2)23/h3-6H,7H2,1-2H3,(H,17,24)(H,18,20,25). The molecule has 0 aliphatic heterocycles. The van der Waals surface area contributed by atoms with Gasteiger partial charge in [0.05, 0.1) is 11.4 Å². The normalized spacial score (nSPS) is 10.5. The number of Topliss-reactive ketones (excluding diaryl/α,β-unsaturated/α-hetero) is 1. The van der Waals surface area contributed by atoms with Crippen LogP contribution in [0.15, 0.2) is 28.6 Å². The zero-order chi connectivity index (χ0) is 20.1. The summed E-state index contributed by atoms with van der Waals surface area (Å²) in [5.41, 5.74) is 1.74. The van der Waals surface area contributed by atoms with E-state index in [1.165, 1.54) is 30.0 Å². The van der Waals surface area contributed by atoms with Crippen LogP contribution in [0.3, 0.4) is 0 Å². The van der Waals surface area contributed by atoms with Gasteiger partial charge in [-0.1, -0.05) is 27.6 Å². The Morgan fingerprint density at radius 2 is 1.82 bits per heavy atom. The summed E-state index contributed by atoms with van der Waals surface area (Å²) in [4.78, 5) is 35.8. The van der Waals surface area contributed by atoms with Gasteiger partial charge < -0.3 is 5.32 Å². The molecular weight excluding hydrogens is 420 g/mol. The van der Waals surface area contributed by atoms with Gasteiger partial charge in [-0.25, -0.2) is 0 Å². The lowest BCUT2D eigenvalue weighted by atomic mass is 10.1. The third-order valence-electron chi connectivity index (χ3n) is 3.39. The molecule has 0 fully saturated rings. The highest BCUT2D eigenvalue weighted by molar-refractivity contribution is 8.01. The zero-order valence-electron chi connectivity index (χ0n) is 14.8. The van der Waals surface area contributed by atoms with Gasteiger partial charge in [0.1, 0.15) is 4.88 Å². The van der Waals surface area contributed by atoms with Crippen LogP contribution in [-0.4, -0.2) is 43.1 Å². The third-order valence-corrected chi connectivity index (χ3v) is 6.19. The maximum atomic E-state index is 12.1. The van der Waals surface area contributed by atoms with Gasteiger partial charge in [0, 0.05) is 11.3 Å². The number of hydrogen-bond donors (Lipinski definition) is 2. The maximum absolute atomic E-state index is 12.1. The van der Waals surface area contributed by atoms with Crippen molar-refractivity contribution in [1.82, 2.24) is 19.8 Å². The predicted octanol–water partition coefficient (Wildman–Crippen LogP) is 2.88. The van der Waals surface area contributed by atoms with E-state index in [0.29, 0.717) is 31.3 Å². The van der Waals surface area contributed by atoms with Crippen molar-refractivity contribution in [3.8, 4) is 0 Å². The van der Waals surface area contributed by atoms with Crippen LogP contribution in [0.2, 0.25) is 0 Å². The molecule has 12 heteroatoms. The van der Waals surface area contributed by atoms with Crippen molar-refractivity contribution in [3.63, 3.8) is 0 Å². The summed E-state index contributed by atoms with van der Waals surface area (Å²) in [5, 5.41) is 17.4. The Bertz CT molecular complexity index is 1010. The molecule has 0 atom stereocenters. The van der Waals surface area contributed by atoms with E-state index in [4.69, 9.17) is 0 Å². The summed E-state index contributed by atoms with van der Waals surface area (Å²) >= 11 is 3.39. The Morgan fingerprint density at radius 3 is 2.46 bits per heavy atom. The van der Waals surface area contributed by atoms with Gasteiger partial charge in [-0.3, -0.25) is 19.7 Å². The van der Waals surface area contributed by atoms with E-state index < -0.39 is 0 Å². The fraction of sp³-hybridized carbons (Fsp3) is 0.188. The van der Waals surface area contributed by atoms with Crippen LogP contribution in [0.4, 0.5) is 10.8 Å². The average Bonchev–Trinajstić information content (AvgIpc) is 3.29. The van der Waals surface area contributed by atoms with Crippen LogP contribution in [0.1, 0.15) is 32.6 Å². The molecule has 0 radical (unpaired) electrons. The number of rotatable bonds is 7. The second-order valence-corrected chi connectivity index (χ2v) is 8.44. The fourth-order valence-corrected chi connectivity index (χ4v) is 4.12. The molecule has 0 aliphatic carbocycles. The molecule has 1 aromatic carbocycles. The molecule has 0 aliphatic rings. The van der Waals surface area contributed by atoms with Crippen molar-refractivity contribution in [1.29, 1.82) is 0 Å². The summed E-state index contributed by atoms with van der Waals surface area (Å²) in [6.07, 6.45) is 0. The topological polar surface area (TPSA) is 127 Å². The monoisotopic (exact) mass is 434 g/mol. The molecule has 0 saturated carbocycles. The maximum Gasteiger partial charge on any atom is 0.271 e. The molecule has 0 spiro atoms. The van der Waals surface area contributed by atoms with Gasteiger partial charge in [-0.2, -0.15) is 0 Å². The number of carbonyl (C=O) groups is 3. The van der Waals surface area contributed by atoms with E-state index >= 15 is 0 Å². The number of ketones is 1. The summed E-state index contributed by atoms with van der Waals surface area (Å²) in [6, 6.07) is 6.67. The van der Waals surface area contributed by atoms with E-state index in [0.717, 1.165) is 11.5 Å². The van der Waals surface area contributed by atoms with E-state index in [2.05, 4.69) is 30.4 Å². The zero-order valence-corrected chi connectivity index (χ0v) is 17.2. The minimum Gasteiger partial charge on any atom is -0.325 e. The van der Waals surface area contributed by atoms with Gasteiger partial charge in [0.25, 0.3) is 5.91 Å². The van der Waals surface area contributed by atoms with Crippen LogP contribution in [-0.2, 0) is 4.79 Å². The van der Waals surface area contributed by atoms with Crippen LogP contribution < -0.4 is 10.6 Å². The first-order valence-corrected chi connectivity index (χ1v) is 10.5. The molecule has 2 amide bonds. The average molecular weight is 435 g/mol. The number of thioether (sulfide) groups is 1. The Hall–Kier alpha value is -2.70. The number of amides is 2. The molecule has 3 aromatic rings. The summed E-state index contributed by atoms with van der Waals surface area (Å²) in [7, 11) is 0. The van der Waals surface area contributed by atoms with Crippen molar-refractivity contribution in [2.75, 3.05) is 16.4 Å². The van der Waals surface area contributed by atoms with E-state index in [1.54, 1.807) is 31.2 Å². The fourth-order valence-electron chi connectivity index (χ4n) is 2.02. The SMILES string of the molecule is CC(=O)c1ccc(NC(=O)CSc2nnc(NC(=O)c3snnc3C)s2)cc1. The first-order chi connectivity index (χ1) is 13.4. The van der Waals surface area contributed by atoms with Gasteiger partial charge in [-0.05, 0) is 49.6 Å². The predicted molar refractivity (Wildman–Crippen MR) is 108 cm³/mol. The quantitative estimate of drug-likeness (QED) is 0.330. The van der Waals surface area contributed by atoms with Gasteiger partial charge >= 0.3 is 0 Å². The van der Waals surface area contributed by atoms with Gasteiger partial charge in [0.15, 0.2) is 10.1 Å². The number of nitrogens with zero attached hydrogens (tertiary/aromatic N) is 4. The summed E-state index contributed by atoms with van der Waals surface area (Å²) < 4.78 is 4.27. The minimum atomic E-state index is -0.341.